The molecule has 2 saturated carbocycles. The number of rotatable bonds is 12. The molecule has 6 aromatic carbocycles. The van der Waals surface area contributed by atoms with E-state index in [9.17, 15) is 0 Å². The predicted octanol–water partition coefficient (Wildman–Crippen LogP) is 16.0. The molecule has 3 nitrogen and oxygen atoms in total. The van der Waals surface area contributed by atoms with Crippen molar-refractivity contribution in [2.75, 3.05) is 0 Å². The lowest BCUT2D eigenvalue weighted by molar-refractivity contribution is 0.432. The fraction of sp³-hybridized carbons (Fsp3) is 0.190. The first-order valence-corrected chi connectivity index (χ1v) is 24.0. The molecule has 2 fully saturated rings. The molecule has 0 N–H and O–H groups in total. The zero-order valence-electron chi connectivity index (χ0n) is 37.6. The fourth-order valence-corrected chi connectivity index (χ4v) is 11.4. The molecule has 11 rings (SSSR count). The lowest BCUT2D eigenvalue weighted by atomic mass is 9.71. The van der Waals surface area contributed by atoms with Gasteiger partial charge in [-0.3, -0.25) is 9.97 Å². The Hall–Kier alpha value is -7.23. The van der Waals surface area contributed by atoms with Gasteiger partial charge in [-0.25, -0.2) is 4.98 Å². The molecule has 0 amide bonds. The average Bonchev–Trinajstić information content (AvgIpc) is 4.09. The monoisotopic (exact) mass is 853 g/mol. The van der Waals surface area contributed by atoms with Gasteiger partial charge >= 0.3 is 0 Å². The smallest absolute Gasteiger partial charge is 0.0709 e. The summed E-state index contributed by atoms with van der Waals surface area (Å²) in [5.74, 6) is 0. The quantitative estimate of drug-likeness (QED) is 0.123. The molecular weight excluding hydrogens is 799 g/mol. The van der Waals surface area contributed by atoms with Gasteiger partial charge in [0.15, 0.2) is 0 Å². The van der Waals surface area contributed by atoms with Crippen LogP contribution in [0.5, 0.6) is 0 Å². The molecule has 9 aromatic rings. The van der Waals surface area contributed by atoms with E-state index < -0.39 is 0 Å². The third-order valence-corrected chi connectivity index (χ3v) is 14.7. The van der Waals surface area contributed by atoms with Gasteiger partial charge in [0.2, 0.25) is 0 Å². The van der Waals surface area contributed by atoms with E-state index in [1.54, 1.807) is 0 Å². The number of nitrogens with zero attached hydrogens (tertiary/aromatic N) is 3. The molecule has 0 aliphatic heterocycles. The summed E-state index contributed by atoms with van der Waals surface area (Å²) in [5, 5.41) is 0. The van der Waals surface area contributed by atoms with E-state index in [0.717, 1.165) is 46.7 Å². The summed E-state index contributed by atoms with van der Waals surface area (Å²) in [6, 6.07) is 73.5. The summed E-state index contributed by atoms with van der Waals surface area (Å²) in [4.78, 5) is 14.4. The van der Waals surface area contributed by atoms with Crippen LogP contribution in [0, 0.1) is 0 Å². The molecule has 0 atom stereocenters. The van der Waals surface area contributed by atoms with Crippen LogP contribution >= 0.6 is 0 Å². The number of pyridine rings is 3. The number of benzene rings is 6. The van der Waals surface area contributed by atoms with Crippen LogP contribution in [0.15, 0.2) is 213 Å². The van der Waals surface area contributed by atoms with Crippen LogP contribution in [-0.2, 0) is 23.7 Å². The molecule has 3 aromatic heterocycles. The number of hydrogen-bond donors (Lipinski definition) is 0. The summed E-state index contributed by atoms with van der Waals surface area (Å²) in [7, 11) is 0. The van der Waals surface area contributed by atoms with Crippen LogP contribution < -0.4 is 0 Å². The van der Waals surface area contributed by atoms with E-state index in [1.807, 2.05) is 30.6 Å². The van der Waals surface area contributed by atoms with E-state index in [0.29, 0.717) is 0 Å². The SMILES string of the molecule is c1ccc(-c2cccc(-c3ccc(-c4ccccc4-c4cc(CC5(c6ccc(-c7ccccn7)cc6)CCCC5)cc(CC5(c6ccc(-c7ccccn7)cc6)CCCC5)c4)cc3)n2)cc1. The number of hydrogen-bond acceptors (Lipinski definition) is 3. The van der Waals surface area contributed by atoms with Crippen molar-refractivity contribution in [1.82, 2.24) is 15.0 Å². The van der Waals surface area contributed by atoms with Crippen LogP contribution in [0.1, 0.15) is 73.6 Å². The molecule has 0 radical (unpaired) electrons. The molecular formula is C63H55N3. The molecule has 3 heteroatoms. The van der Waals surface area contributed by atoms with E-state index in [1.165, 1.54) is 107 Å². The highest BCUT2D eigenvalue weighted by atomic mass is 14.7. The highest BCUT2D eigenvalue weighted by Gasteiger charge is 2.38. The first-order chi connectivity index (χ1) is 32.6. The summed E-state index contributed by atoms with van der Waals surface area (Å²) in [6.45, 7) is 0. The van der Waals surface area contributed by atoms with Crippen LogP contribution in [0.25, 0.3) is 67.3 Å². The van der Waals surface area contributed by atoms with Crippen LogP contribution in [0.3, 0.4) is 0 Å². The summed E-state index contributed by atoms with van der Waals surface area (Å²) < 4.78 is 0. The predicted molar refractivity (Wildman–Crippen MR) is 273 cm³/mol. The molecule has 0 spiro atoms. The minimum atomic E-state index is 0.0894. The Morgan fingerprint density at radius 1 is 0.318 bits per heavy atom. The zero-order valence-corrected chi connectivity index (χ0v) is 37.6. The lowest BCUT2D eigenvalue weighted by Gasteiger charge is -2.32. The molecule has 66 heavy (non-hydrogen) atoms. The Bertz CT molecular complexity index is 2910. The van der Waals surface area contributed by atoms with E-state index in [2.05, 4.69) is 192 Å². The third-order valence-electron chi connectivity index (χ3n) is 14.7. The summed E-state index contributed by atoms with van der Waals surface area (Å²) in [6.07, 6.45) is 15.7. The largest absolute Gasteiger partial charge is 0.256 e. The third kappa shape index (κ3) is 8.54. The molecule has 2 aliphatic rings. The highest BCUT2D eigenvalue weighted by molar-refractivity contribution is 5.85. The first kappa shape index (κ1) is 41.5. The topological polar surface area (TPSA) is 38.7 Å². The fourth-order valence-electron chi connectivity index (χ4n) is 11.4. The van der Waals surface area contributed by atoms with E-state index >= 15 is 0 Å². The molecule has 3 heterocycles. The van der Waals surface area contributed by atoms with Gasteiger partial charge in [0.25, 0.3) is 0 Å². The Kier molecular flexibility index (Phi) is 11.5. The average molecular weight is 854 g/mol. The minimum absolute atomic E-state index is 0.0894. The second-order valence-corrected chi connectivity index (χ2v) is 18.8. The van der Waals surface area contributed by atoms with Crippen molar-refractivity contribution >= 4 is 0 Å². The Morgan fingerprint density at radius 2 is 0.712 bits per heavy atom. The van der Waals surface area contributed by atoms with Gasteiger partial charge in [0.1, 0.15) is 0 Å². The van der Waals surface area contributed by atoms with Crippen LogP contribution in [-0.4, -0.2) is 15.0 Å². The van der Waals surface area contributed by atoms with Crippen molar-refractivity contribution < 1.29 is 0 Å². The van der Waals surface area contributed by atoms with Gasteiger partial charge in [-0.15, -0.1) is 0 Å². The Balaban J connectivity index is 0.970. The zero-order chi connectivity index (χ0) is 44.2. The first-order valence-electron chi connectivity index (χ1n) is 24.0. The van der Waals surface area contributed by atoms with Gasteiger partial charge in [-0.05, 0) is 130 Å². The van der Waals surface area contributed by atoms with Gasteiger partial charge in [-0.1, -0.05) is 189 Å². The number of aromatic nitrogens is 3. The highest BCUT2D eigenvalue weighted by Crippen LogP contribution is 2.47. The van der Waals surface area contributed by atoms with E-state index in [-0.39, 0.29) is 10.8 Å². The molecule has 322 valence electrons. The Labute approximate surface area is 390 Å². The normalized spacial score (nSPS) is 15.2. The molecule has 0 unspecified atom stereocenters. The molecule has 0 bridgehead atoms. The molecule has 0 saturated heterocycles. The van der Waals surface area contributed by atoms with Crippen molar-refractivity contribution in [3.05, 3.63) is 235 Å². The summed E-state index contributed by atoms with van der Waals surface area (Å²) in [5.41, 5.74) is 19.6. The van der Waals surface area contributed by atoms with Gasteiger partial charge in [-0.2, -0.15) is 0 Å². The summed E-state index contributed by atoms with van der Waals surface area (Å²) >= 11 is 0. The minimum Gasteiger partial charge on any atom is -0.256 e. The van der Waals surface area contributed by atoms with Crippen molar-refractivity contribution in [2.45, 2.75) is 75.0 Å². The van der Waals surface area contributed by atoms with Crippen LogP contribution in [0.2, 0.25) is 0 Å². The standard InChI is InChI=1S/C63H55N3/c1-2-15-49(16-3-1)60-21-14-22-61(66-60)52-25-23-48(24-26-52)56-17-4-5-18-57(56)53-42-46(44-62(35-8-9-36-62)54-31-27-50(28-32-54)58-19-6-12-39-64-58)41-47(43-53)45-63(37-10-11-38-63)55-33-29-51(30-34-55)59-20-7-13-40-65-59/h1-7,12-34,39-43H,8-11,35-38,44-45H2. The van der Waals surface area contributed by atoms with E-state index in [4.69, 9.17) is 4.98 Å². The maximum absolute atomic E-state index is 5.07. The van der Waals surface area contributed by atoms with Gasteiger partial charge in [0, 0.05) is 34.6 Å². The Morgan fingerprint density at radius 3 is 1.20 bits per heavy atom. The lowest BCUT2D eigenvalue weighted by Crippen LogP contribution is -2.26. The molecule has 2 aliphatic carbocycles. The second kappa shape index (κ2) is 18.3. The van der Waals surface area contributed by atoms with Crippen LogP contribution in [0.4, 0.5) is 0 Å². The van der Waals surface area contributed by atoms with Crippen molar-refractivity contribution in [3.8, 4) is 67.3 Å². The van der Waals surface area contributed by atoms with Gasteiger partial charge in [0.05, 0.1) is 22.8 Å². The van der Waals surface area contributed by atoms with Crippen molar-refractivity contribution in [3.63, 3.8) is 0 Å². The second-order valence-electron chi connectivity index (χ2n) is 18.8. The maximum atomic E-state index is 5.07. The van der Waals surface area contributed by atoms with Gasteiger partial charge < -0.3 is 0 Å². The maximum Gasteiger partial charge on any atom is 0.0709 e. The van der Waals surface area contributed by atoms with Crippen molar-refractivity contribution in [2.24, 2.45) is 0 Å². The van der Waals surface area contributed by atoms with Crippen molar-refractivity contribution in [1.29, 1.82) is 0 Å².